The normalized spacial score (nSPS) is 18.3. The lowest BCUT2D eigenvalue weighted by atomic mass is 10.1. The van der Waals surface area contributed by atoms with Crippen molar-refractivity contribution in [2.24, 2.45) is 4.99 Å². The average molecular weight is 382 g/mol. The molecule has 0 atom stereocenters. The standard InChI is InChI=1S/C16H17Cl2N5S/c17-14-13(24-16(18)22-14)9-23-6-4-11-10(8-23)7-20-15(21-11)12-3-1-2-5-19-12/h7H,1-6,8-9H2. The molecule has 0 radical (unpaired) electrons. The van der Waals surface area contributed by atoms with Gasteiger partial charge >= 0.3 is 0 Å². The Balaban J connectivity index is 1.49. The zero-order valence-corrected chi connectivity index (χ0v) is 15.5. The summed E-state index contributed by atoms with van der Waals surface area (Å²) in [4.78, 5) is 21.3. The molecule has 4 rings (SSSR count). The van der Waals surface area contributed by atoms with E-state index in [1.807, 2.05) is 6.20 Å². The van der Waals surface area contributed by atoms with E-state index < -0.39 is 0 Å². The molecule has 2 aliphatic rings. The Morgan fingerprint density at radius 1 is 1.17 bits per heavy atom. The molecule has 24 heavy (non-hydrogen) atoms. The Kier molecular flexibility index (Phi) is 4.81. The van der Waals surface area contributed by atoms with Crippen molar-refractivity contribution in [1.29, 1.82) is 0 Å². The fourth-order valence-corrected chi connectivity index (χ4v) is 4.57. The summed E-state index contributed by atoms with van der Waals surface area (Å²) < 4.78 is 0.494. The van der Waals surface area contributed by atoms with Crippen molar-refractivity contribution >= 4 is 40.3 Å². The molecule has 0 N–H and O–H groups in total. The third kappa shape index (κ3) is 3.47. The van der Waals surface area contributed by atoms with Crippen LogP contribution in [0.1, 0.15) is 41.2 Å². The fraction of sp³-hybridized carbons (Fsp3) is 0.500. The monoisotopic (exact) mass is 381 g/mol. The van der Waals surface area contributed by atoms with Gasteiger partial charge in [0.05, 0.1) is 16.3 Å². The number of fused-ring (bicyclic) bond motifs is 1. The van der Waals surface area contributed by atoms with E-state index >= 15 is 0 Å². The molecule has 4 heterocycles. The van der Waals surface area contributed by atoms with Gasteiger partial charge in [0.15, 0.2) is 10.3 Å². The van der Waals surface area contributed by atoms with Crippen molar-refractivity contribution in [2.75, 3.05) is 13.1 Å². The molecule has 0 fully saturated rings. The smallest absolute Gasteiger partial charge is 0.185 e. The summed E-state index contributed by atoms with van der Waals surface area (Å²) in [5.41, 5.74) is 3.41. The number of hydrogen-bond acceptors (Lipinski definition) is 6. The van der Waals surface area contributed by atoms with Crippen LogP contribution in [0.5, 0.6) is 0 Å². The van der Waals surface area contributed by atoms with Crippen molar-refractivity contribution in [3.8, 4) is 0 Å². The molecular weight excluding hydrogens is 365 g/mol. The van der Waals surface area contributed by atoms with Crippen molar-refractivity contribution in [3.63, 3.8) is 0 Å². The van der Waals surface area contributed by atoms with Crippen LogP contribution in [0, 0.1) is 0 Å². The number of aliphatic imine (C=N–C) groups is 1. The van der Waals surface area contributed by atoms with Gasteiger partial charge in [0.2, 0.25) is 0 Å². The predicted octanol–water partition coefficient (Wildman–Crippen LogP) is 3.77. The topological polar surface area (TPSA) is 54.3 Å². The lowest BCUT2D eigenvalue weighted by Crippen LogP contribution is -2.31. The van der Waals surface area contributed by atoms with Crippen molar-refractivity contribution in [3.05, 3.63) is 37.8 Å². The van der Waals surface area contributed by atoms with Gasteiger partial charge in [-0.05, 0) is 19.3 Å². The molecule has 0 amide bonds. The minimum atomic E-state index is 0.494. The van der Waals surface area contributed by atoms with Gasteiger partial charge in [-0.2, -0.15) is 0 Å². The minimum Gasteiger partial charge on any atom is -0.293 e. The summed E-state index contributed by atoms with van der Waals surface area (Å²) in [6.07, 6.45) is 6.23. The molecule has 0 bridgehead atoms. The van der Waals surface area contributed by atoms with Crippen LogP contribution in [0.3, 0.4) is 0 Å². The van der Waals surface area contributed by atoms with Crippen molar-refractivity contribution in [2.45, 2.75) is 38.8 Å². The summed E-state index contributed by atoms with van der Waals surface area (Å²) in [5.74, 6) is 0.819. The highest BCUT2D eigenvalue weighted by atomic mass is 35.5. The Bertz CT molecular complexity index is 789. The molecule has 0 unspecified atom stereocenters. The lowest BCUT2D eigenvalue weighted by molar-refractivity contribution is 0.245. The first kappa shape index (κ1) is 16.4. The maximum absolute atomic E-state index is 6.12. The van der Waals surface area contributed by atoms with Crippen LogP contribution in [0.15, 0.2) is 11.2 Å². The van der Waals surface area contributed by atoms with E-state index in [0.29, 0.717) is 9.62 Å². The van der Waals surface area contributed by atoms with E-state index in [9.17, 15) is 0 Å². The molecule has 0 saturated carbocycles. The van der Waals surface area contributed by atoms with E-state index in [4.69, 9.17) is 28.2 Å². The highest BCUT2D eigenvalue weighted by molar-refractivity contribution is 7.16. The largest absolute Gasteiger partial charge is 0.293 e. The summed E-state index contributed by atoms with van der Waals surface area (Å²) in [7, 11) is 0. The van der Waals surface area contributed by atoms with Crippen LogP contribution < -0.4 is 0 Å². The maximum atomic E-state index is 6.12. The summed E-state index contributed by atoms with van der Waals surface area (Å²) in [5, 5.41) is 0.512. The van der Waals surface area contributed by atoms with Gasteiger partial charge < -0.3 is 0 Å². The third-order valence-corrected chi connectivity index (χ3v) is 5.96. The second kappa shape index (κ2) is 7.04. The number of aromatic nitrogens is 3. The molecule has 126 valence electrons. The van der Waals surface area contributed by atoms with Crippen LogP contribution >= 0.6 is 34.5 Å². The lowest BCUT2D eigenvalue weighted by Gasteiger charge is -2.27. The number of rotatable bonds is 3. The van der Waals surface area contributed by atoms with Crippen molar-refractivity contribution in [1.82, 2.24) is 19.9 Å². The molecule has 5 nitrogen and oxygen atoms in total. The maximum Gasteiger partial charge on any atom is 0.185 e. The van der Waals surface area contributed by atoms with E-state index in [1.54, 1.807) is 0 Å². The third-order valence-electron chi connectivity index (χ3n) is 4.39. The summed E-state index contributed by atoms with van der Waals surface area (Å²) in [6, 6.07) is 0. The quantitative estimate of drug-likeness (QED) is 0.811. The van der Waals surface area contributed by atoms with Gasteiger partial charge in [0.1, 0.15) is 5.15 Å². The molecule has 0 aromatic carbocycles. The molecule has 0 spiro atoms. The van der Waals surface area contributed by atoms with Gasteiger partial charge in [0.25, 0.3) is 0 Å². The minimum absolute atomic E-state index is 0.494. The predicted molar refractivity (Wildman–Crippen MR) is 97.2 cm³/mol. The first-order valence-electron chi connectivity index (χ1n) is 8.10. The second-order valence-corrected chi connectivity index (χ2v) is 8.12. The summed E-state index contributed by atoms with van der Waals surface area (Å²) in [6.45, 7) is 3.44. The summed E-state index contributed by atoms with van der Waals surface area (Å²) >= 11 is 13.5. The molecule has 2 aliphatic heterocycles. The Labute approximate surface area is 154 Å². The Morgan fingerprint density at radius 3 is 2.83 bits per heavy atom. The molecule has 8 heteroatoms. The highest BCUT2D eigenvalue weighted by Gasteiger charge is 2.21. The average Bonchev–Trinajstić information content (AvgIpc) is 2.92. The van der Waals surface area contributed by atoms with Crippen LogP contribution in [0.25, 0.3) is 0 Å². The zero-order valence-electron chi connectivity index (χ0n) is 13.1. The number of halogens is 2. The number of hydrogen-bond donors (Lipinski definition) is 0. The Morgan fingerprint density at radius 2 is 2.08 bits per heavy atom. The number of thiazole rings is 1. The van der Waals surface area contributed by atoms with Gasteiger partial charge in [-0.25, -0.2) is 15.0 Å². The number of nitrogens with zero attached hydrogens (tertiary/aromatic N) is 5. The second-order valence-electron chi connectivity index (χ2n) is 6.09. The van der Waals surface area contributed by atoms with E-state index in [1.165, 1.54) is 29.7 Å². The van der Waals surface area contributed by atoms with E-state index in [-0.39, 0.29) is 0 Å². The molecule has 0 aliphatic carbocycles. The van der Waals surface area contributed by atoms with Crippen LogP contribution in [0.4, 0.5) is 0 Å². The van der Waals surface area contributed by atoms with E-state index in [0.717, 1.165) is 61.1 Å². The van der Waals surface area contributed by atoms with E-state index in [2.05, 4.69) is 19.9 Å². The van der Waals surface area contributed by atoms with Crippen LogP contribution in [0.2, 0.25) is 9.62 Å². The SMILES string of the molecule is Clc1nc(Cl)c(CN2CCc3nc(C4=NCCCC4)ncc3C2)s1. The van der Waals surface area contributed by atoms with Gasteiger partial charge in [-0.15, -0.1) is 11.3 Å². The molecule has 2 aromatic heterocycles. The zero-order chi connectivity index (χ0) is 16.5. The Hall–Kier alpha value is -1.08. The first-order valence-corrected chi connectivity index (χ1v) is 9.68. The molecular formula is C16H17Cl2N5S. The van der Waals surface area contributed by atoms with Crippen molar-refractivity contribution < 1.29 is 0 Å². The highest BCUT2D eigenvalue weighted by Crippen LogP contribution is 2.29. The fourth-order valence-electron chi connectivity index (χ4n) is 3.14. The van der Waals surface area contributed by atoms with Gasteiger partial charge in [-0.1, -0.05) is 23.2 Å². The first-order chi connectivity index (χ1) is 11.7. The van der Waals surface area contributed by atoms with Crippen LogP contribution in [-0.4, -0.2) is 38.7 Å². The van der Waals surface area contributed by atoms with Gasteiger partial charge in [0, 0.05) is 44.4 Å². The van der Waals surface area contributed by atoms with Gasteiger partial charge in [-0.3, -0.25) is 9.89 Å². The molecule has 2 aromatic rings. The van der Waals surface area contributed by atoms with Crippen LogP contribution in [-0.2, 0) is 19.5 Å². The molecule has 0 saturated heterocycles.